The van der Waals surface area contributed by atoms with Crippen LogP contribution in [-0.4, -0.2) is 47.3 Å². The number of phenolic OH excluding ortho intramolecular Hbond substituents is 1. The summed E-state index contributed by atoms with van der Waals surface area (Å²) in [4.78, 5) is 45.8. The van der Waals surface area contributed by atoms with E-state index in [9.17, 15) is 34.9 Å². The number of carbonyl (C=O) groups is 2. The van der Waals surface area contributed by atoms with Gasteiger partial charge in [0.05, 0.1) is 21.6 Å². The van der Waals surface area contributed by atoms with Gasteiger partial charge in [0, 0.05) is 36.5 Å². The van der Waals surface area contributed by atoms with Gasteiger partial charge >= 0.3 is 5.69 Å². The largest absolute Gasteiger partial charge is 0.502 e. The molecule has 3 N–H and O–H groups in total. The molecule has 0 spiro atoms. The van der Waals surface area contributed by atoms with Crippen LogP contribution >= 0.6 is 11.8 Å². The number of nitro groups is 2. The standard InChI is InChI=1S/C22H23N7O7S/c1-12(2)19(24-21(32)13-5-4-6-15(9-13)28(33)34)20-25-26-22(27(20)3)37-11-18(31)23-14-7-8-17(30)16(10-14)29(35)36/h4-10,12,19,30H,11H2,1-3H3,(H,23,31)(H,24,32)/t19-/m0/s1. The Labute approximate surface area is 214 Å². The van der Waals surface area contributed by atoms with E-state index in [1.807, 2.05) is 13.8 Å². The van der Waals surface area contributed by atoms with Crippen LogP contribution in [0.3, 0.4) is 0 Å². The molecule has 0 saturated carbocycles. The second kappa shape index (κ2) is 11.5. The van der Waals surface area contributed by atoms with Crippen LogP contribution in [0.5, 0.6) is 5.75 Å². The molecule has 3 rings (SSSR count). The number of aromatic nitrogens is 3. The van der Waals surface area contributed by atoms with E-state index in [1.165, 1.54) is 30.3 Å². The zero-order valence-electron chi connectivity index (χ0n) is 19.9. The number of hydrogen-bond donors (Lipinski definition) is 3. The van der Waals surface area contributed by atoms with Gasteiger partial charge in [-0.3, -0.25) is 29.8 Å². The molecule has 14 nitrogen and oxygen atoms in total. The number of thioether (sulfide) groups is 1. The maximum Gasteiger partial charge on any atom is 0.312 e. The first-order valence-electron chi connectivity index (χ1n) is 10.8. The van der Waals surface area contributed by atoms with Crippen molar-refractivity contribution >= 4 is 40.6 Å². The highest BCUT2D eigenvalue weighted by atomic mass is 32.2. The van der Waals surface area contributed by atoms with Crippen molar-refractivity contribution in [2.24, 2.45) is 13.0 Å². The maximum atomic E-state index is 12.8. The van der Waals surface area contributed by atoms with Crippen LogP contribution in [0.1, 0.15) is 36.1 Å². The number of benzene rings is 2. The highest BCUT2D eigenvalue weighted by molar-refractivity contribution is 7.99. The summed E-state index contributed by atoms with van der Waals surface area (Å²) in [6.45, 7) is 3.73. The molecule has 1 atom stereocenters. The van der Waals surface area contributed by atoms with Crippen LogP contribution < -0.4 is 10.6 Å². The first-order valence-corrected chi connectivity index (χ1v) is 11.8. The quantitative estimate of drug-likeness (QED) is 0.152. The highest BCUT2D eigenvalue weighted by Gasteiger charge is 2.26. The van der Waals surface area contributed by atoms with Gasteiger partial charge in [0.15, 0.2) is 16.7 Å². The minimum Gasteiger partial charge on any atom is -0.502 e. The number of rotatable bonds is 10. The summed E-state index contributed by atoms with van der Waals surface area (Å²) in [5.74, 6) is -1.27. The van der Waals surface area contributed by atoms with Gasteiger partial charge in [0.2, 0.25) is 5.91 Å². The summed E-state index contributed by atoms with van der Waals surface area (Å²) in [5, 5.41) is 45.5. The second-order valence-electron chi connectivity index (χ2n) is 8.20. The van der Waals surface area contributed by atoms with Gasteiger partial charge in [-0.05, 0) is 24.1 Å². The number of carbonyl (C=O) groups excluding carboxylic acids is 2. The van der Waals surface area contributed by atoms with Crippen molar-refractivity contribution in [3.63, 3.8) is 0 Å². The van der Waals surface area contributed by atoms with Crippen molar-refractivity contribution in [3.8, 4) is 5.75 Å². The SMILES string of the molecule is CC(C)[C@H](NC(=O)c1cccc([N+](=O)[O-])c1)c1nnc(SCC(=O)Nc2ccc(O)c([N+](=O)[O-])c2)n1C. The van der Waals surface area contributed by atoms with Crippen LogP contribution in [0.2, 0.25) is 0 Å². The lowest BCUT2D eigenvalue weighted by Gasteiger charge is -2.21. The third-order valence-electron chi connectivity index (χ3n) is 5.21. The molecule has 0 aliphatic rings. The topological polar surface area (TPSA) is 195 Å². The molecule has 2 amide bonds. The molecule has 3 aromatic rings. The van der Waals surface area contributed by atoms with Crippen molar-refractivity contribution in [1.29, 1.82) is 0 Å². The molecule has 15 heteroatoms. The van der Waals surface area contributed by atoms with Crippen molar-refractivity contribution in [1.82, 2.24) is 20.1 Å². The van der Waals surface area contributed by atoms with Crippen molar-refractivity contribution in [2.45, 2.75) is 25.0 Å². The Balaban J connectivity index is 1.68. The van der Waals surface area contributed by atoms with Crippen LogP contribution in [-0.2, 0) is 11.8 Å². The Morgan fingerprint density at radius 3 is 2.49 bits per heavy atom. The van der Waals surface area contributed by atoms with Gasteiger partial charge in [-0.15, -0.1) is 10.2 Å². The highest BCUT2D eigenvalue weighted by Crippen LogP contribution is 2.29. The molecule has 0 fully saturated rings. The monoisotopic (exact) mass is 529 g/mol. The lowest BCUT2D eigenvalue weighted by Crippen LogP contribution is -2.33. The van der Waals surface area contributed by atoms with E-state index in [1.54, 1.807) is 11.6 Å². The van der Waals surface area contributed by atoms with Crippen LogP contribution in [0.4, 0.5) is 17.1 Å². The Bertz CT molecular complexity index is 1360. The lowest BCUT2D eigenvalue weighted by atomic mass is 10.0. The molecular formula is C22H23N7O7S. The number of amides is 2. The van der Waals surface area contributed by atoms with Gasteiger partial charge < -0.3 is 20.3 Å². The summed E-state index contributed by atoms with van der Waals surface area (Å²) in [5.41, 5.74) is -0.457. The minimum atomic E-state index is -0.760. The summed E-state index contributed by atoms with van der Waals surface area (Å²) >= 11 is 1.06. The molecule has 1 heterocycles. The number of non-ortho nitro benzene ring substituents is 1. The van der Waals surface area contributed by atoms with Crippen LogP contribution in [0.15, 0.2) is 47.6 Å². The molecule has 2 aromatic carbocycles. The Hall–Kier alpha value is -4.53. The van der Waals surface area contributed by atoms with E-state index < -0.39 is 39.1 Å². The van der Waals surface area contributed by atoms with Gasteiger partial charge in [-0.25, -0.2) is 0 Å². The molecular weight excluding hydrogens is 506 g/mol. The first-order chi connectivity index (χ1) is 17.5. The fourth-order valence-corrected chi connectivity index (χ4v) is 4.03. The van der Waals surface area contributed by atoms with E-state index in [-0.39, 0.29) is 28.6 Å². The number of anilines is 1. The number of nitrogens with one attached hydrogen (secondary N) is 2. The molecule has 0 unspecified atom stereocenters. The van der Waals surface area contributed by atoms with E-state index in [2.05, 4.69) is 20.8 Å². The molecule has 0 radical (unpaired) electrons. The summed E-state index contributed by atoms with van der Waals surface area (Å²) in [6.07, 6.45) is 0. The van der Waals surface area contributed by atoms with Gasteiger partial charge in [-0.2, -0.15) is 0 Å². The molecule has 194 valence electrons. The molecule has 0 aliphatic carbocycles. The third-order valence-corrected chi connectivity index (χ3v) is 6.23. The zero-order chi connectivity index (χ0) is 27.3. The second-order valence-corrected chi connectivity index (χ2v) is 9.14. The zero-order valence-corrected chi connectivity index (χ0v) is 20.8. The van der Waals surface area contributed by atoms with Gasteiger partial charge in [-0.1, -0.05) is 31.7 Å². The summed E-state index contributed by atoms with van der Waals surface area (Å²) in [7, 11) is 1.67. The van der Waals surface area contributed by atoms with E-state index >= 15 is 0 Å². The molecule has 0 saturated heterocycles. The van der Waals surface area contributed by atoms with Gasteiger partial charge in [0.1, 0.15) is 0 Å². The number of aromatic hydroxyl groups is 1. The first kappa shape index (κ1) is 27.1. The smallest absolute Gasteiger partial charge is 0.312 e. The number of phenols is 1. The third kappa shape index (κ3) is 6.58. The Morgan fingerprint density at radius 1 is 1.11 bits per heavy atom. The van der Waals surface area contributed by atoms with Crippen LogP contribution in [0.25, 0.3) is 0 Å². The average molecular weight is 530 g/mol. The van der Waals surface area contributed by atoms with Crippen molar-refractivity contribution in [2.75, 3.05) is 11.1 Å². The minimum absolute atomic E-state index is 0.0902. The fraction of sp³-hybridized carbons (Fsp3) is 0.273. The van der Waals surface area contributed by atoms with Gasteiger partial charge in [0.25, 0.3) is 11.6 Å². The number of hydrogen-bond acceptors (Lipinski definition) is 10. The summed E-state index contributed by atoms with van der Waals surface area (Å²) < 4.78 is 1.63. The predicted octanol–water partition coefficient (Wildman–Crippen LogP) is 3.20. The van der Waals surface area contributed by atoms with E-state index in [0.717, 1.165) is 23.9 Å². The average Bonchev–Trinajstić information content (AvgIpc) is 3.21. The maximum absolute atomic E-state index is 12.8. The van der Waals surface area contributed by atoms with Crippen molar-refractivity contribution in [3.05, 3.63) is 74.1 Å². The Morgan fingerprint density at radius 2 is 1.84 bits per heavy atom. The van der Waals surface area contributed by atoms with Crippen molar-refractivity contribution < 1.29 is 24.5 Å². The fourth-order valence-electron chi connectivity index (χ4n) is 3.31. The van der Waals surface area contributed by atoms with E-state index in [4.69, 9.17) is 0 Å². The molecule has 1 aromatic heterocycles. The predicted molar refractivity (Wildman–Crippen MR) is 133 cm³/mol. The molecule has 37 heavy (non-hydrogen) atoms. The Kier molecular flexibility index (Phi) is 8.39. The van der Waals surface area contributed by atoms with E-state index in [0.29, 0.717) is 11.0 Å². The van der Waals surface area contributed by atoms with Crippen LogP contribution in [0, 0.1) is 26.1 Å². The number of nitrogens with zero attached hydrogens (tertiary/aromatic N) is 5. The normalized spacial score (nSPS) is 11.7. The molecule has 0 bridgehead atoms. The summed E-state index contributed by atoms with van der Waals surface area (Å²) in [6, 6.07) is 8.30. The lowest BCUT2D eigenvalue weighted by molar-refractivity contribution is -0.385. The molecule has 0 aliphatic heterocycles. The number of nitro benzene ring substituents is 2.